The van der Waals surface area contributed by atoms with Crippen LogP contribution >= 0.6 is 0 Å². The molecule has 0 aromatic heterocycles. The number of rotatable bonds is 6. The van der Waals surface area contributed by atoms with E-state index in [1.807, 2.05) is 42.5 Å². The van der Waals surface area contributed by atoms with Gasteiger partial charge in [-0.1, -0.05) is 24.3 Å². The third-order valence-electron chi connectivity index (χ3n) is 4.13. The fraction of sp³-hybridized carbons (Fsp3) is 0.350. The van der Waals surface area contributed by atoms with Crippen molar-refractivity contribution in [2.75, 3.05) is 33.9 Å². The number of methoxy groups -OCH3 is 1. The van der Waals surface area contributed by atoms with Crippen LogP contribution in [-0.4, -0.2) is 45.9 Å². The van der Waals surface area contributed by atoms with Crippen LogP contribution in [-0.2, 0) is 6.42 Å². The van der Waals surface area contributed by atoms with Gasteiger partial charge in [-0.15, -0.1) is 0 Å². The third kappa shape index (κ3) is 4.81. The number of fused-ring (bicyclic) bond motifs is 1. The highest BCUT2D eigenvalue weighted by Crippen LogP contribution is 2.30. The van der Waals surface area contributed by atoms with E-state index in [0.717, 1.165) is 36.2 Å². The van der Waals surface area contributed by atoms with E-state index in [1.165, 1.54) is 5.56 Å². The van der Waals surface area contributed by atoms with Crippen molar-refractivity contribution in [2.24, 2.45) is 4.99 Å². The molecule has 1 unspecified atom stereocenters. The van der Waals surface area contributed by atoms with Crippen LogP contribution in [0.5, 0.6) is 17.2 Å². The molecule has 138 valence electrons. The van der Waals surface area contributed by atoms with Gasteiger partial charge < -0.3 is 24.8 Å². The number of ether oxygens (including phenoxy) is 3. The SMILES string of the molecule is CN=C(NCCc1cccc(OC)c1)NCC1COc2ccccc2O1. The van der Waals surface area contributed by atoms with Gasteiger partial charge in [0.25, 0.3) is 0 Å². The molecule has 1 heterocycles. The van der Waals surface area contributed by atoms with Crippen LogP contribution in [0, 0.1) is 0 Å². The summed E-state index contributed by atoms with van der Waals surface area (Å²) < 4.78 is 16.9. The second kappa shape index (κ2) is 8.99. The fourth-order valence-corrected chi connectivity index (χ4v) is 2.75. The monoisotopic (exact) mass is 355 g/mol. The van der Waals surface area contributed by atoms with Crippen molar-refractivity contribution < 1.29 is 14.2 Å². The molecule has 0 aliphatic carbocycles. The summed E-state index contributed by atoms with van der Waals surface area (Å²) in [4.78, 5) is 4.26. The van der Waals surface area contributed by atoms with E-state index < -0.39 is 0 Å². The minimum Gasteiger partial charge on any atom is -0.497 e. The first-order chi connectivity index (χ1) is 12.8. The van der Waals surface area contributed by atoms with Crippen molar-refractivity contribution >= 4 is 5.96 Å². The molecule has 1 atom stereocenters. The van der Waals surface area contributed by atoms with Gasteiger partial charge in [0, 0.05) is 13.6 Å². The summed E-state index contributed by atoms with van der Waals surface area (Å²) in [5.41, 5.74) is 1.22. The second-order valence-corrected chi connectivity index (χ2v) is 5.98. The maximum Gasteiger partial charge on any atom is 0.191 e. The van der Waals surface area contributed by atoms with Crippen LogP contribution in [0.1, 0.15) is 5.56 Å². The lowest BCUT2D eigenvalue weighted by Gasteiger charge is -2.27. The maximum atomic E-state index is 5.94. The maximum absolute atomic E-state index is 5.94. The van der Waals surface area contributed by atoms with E-state index >= 15 is 0 Å². The molecule has 2 aromatic rings. The second-order valence-electron chi connectivity index (χ2n) is 5.98. The Hall–Kier alpha value is -2.89. The predicted octanol–water partition coefficient (Wildman–Crippen LogP) is 2.24. The topological polar surface area (TPSA) is 64.1 Å². The summed E-state index contributed by atoms with van der Waals surface area (Å²) in [5, 5.41) is 6.60. The molecular formula is C20H25N3O3. The quantitative estimate of drug-likeness (QED) is 0.615. The number of benzene rings is 2. The molecule has 0 radical (unpaired) electrons. The number of aliphatic imine (C=N–C) groups is 1. The minimum atomic E-state index is -0.0539. The molecule has 0 amide bonds. The van der Waals surface area contributed by atoms with E-state index in [-0.39, 0.29) is 6.10 Å². The zero-order valence-electron chi connectivity index (χ0n) is 15.2. The lowest BCUT2D eigenvalue weighted by molar-refractivity contribution is 0.0936. The predicted molar refractivity (Wildman–Crippen MR) is 102 cm³/mol. The van der Waals surface area contributed by atoms with Crippen molar-refractivity contribution in [1.29, 1.82) is 0 Å². The van der Waals surface area contributed by atoms with Gasteiger partial charge in [-0.05, 0) is 36.2 Å². The fourth-order valence-electron chi connectivity index (χ4n) is 2.75. The molecule has 0 spiro atoms. The standard InChI is InChI=1S/C20H25N3O3/c1-21-20(22-11-10-15-6-5-7-16(12-15)24-2)23-13-17-14-25-18-8-3-4-9-19(18)26-17/h3-9,12,17H,10-11,13-14H2,1-2H3,(H2,21,22,23). The molecule has 1 aliphatic rings. The Labute approximate surface area is 154 Å². The van der Waals surface area contributed by atoms with Gasteiger partial charge in [0.15, 0.2) is 17.5 Å². The Bertz CT molecular complexity index is 749. The average Bonchev–Trinajstić information content (AvgIpc) is 2.70. The van der Waals surface area contributed by atoms with Crippen molar-refractivity contribution in [3.63, 3.8) is 0 Å². The number of para-hydroxylation sites is 2. The smallest absolute Gasteiger partial charge is 0.191 e. The highest BCUT2D eigenvalue weighted by Gasteiger charge is 2.20. The van der Waals surface area contributed by atoms with Gasteiger partial charge in [-0.3, -0.25) is 4.99 Å². The van der Waals surface area contributed by atoms with Crippen LogP contribution in [0.3, 0.4) is 0 Å². The number of hydrogen-bond acceptors (Lipinski definition) is 4. The summed E-state index contributed by atoms with van der Waals surface area (Å²) in [7, 11) is 3.44. The first-order valence-electron chi connectivity index (χ1n) is 8.74. The van der Waals surface area contributed by atoms with E-state index in [4.69, 9.17) is 14.2 Å². The normalized spacial score (nSPS) is 16.1. The average molecular weight is 355 g/mol. The Morgan fingerprint density at radius 3 is 2.81 bits per heavy atom. The Morgan fingerprint density at radius 2 is 2.00 bits per heavy atom. The summed E-state index contributed by atoms with van der Waals surface area (Å²) in [6.45, 7) is 1.91. The first-order valence-corrected chi connectivity index (χ1v) is 8.74. The molecule has 6 heteroatoms. The van der Waals surface area contributed by atoms with Crippen molar-refractivity contribution in [2.45, 2.75) is 12.5 Å². The lowest BCUT2D eigenvalue weighted by atomic mass is 10.1. The third-order valence-corrected chi connectivity index (χ3v) is 4.13. The first kappa shape index (κ1) is 17.9. The molecule has 3 rings (SSSR count). The Morgan fingerprint density at radius 1 is 1.15 bits per heavy atom. The summed E-state index contributed by atoms with van der Waals surface area (Å²) in [5.74, 6) is 3.20. The van der Waals surface area contributed by atoms with Gasteiger partial charge in [0.1, 0.15) is 18.5 Å². The van der Waals surface area contributed by atoms with Gasteiger partial charge in [0.05, 0.1) is 13.7 Å². The van der Waals surface area contributed by atoms with Crippen LogP contribution in [0.4, 0.5) is 0 Å². The summed E-state index contributed by atoms with van der Waals surface area (Å²) >= 11 is 0. The van der Waals surface area contributed by atoms with Crippen molar-refractivity contribution in [3.05, 3.63) is 54.1 Å². The van der Waals surface area contributed by atoms with Gasteiger partial charge >= 0.3 is 0 Å². The zero-order valence-corrected chi connectivity index (χ0v) is 15.2. The van der Waals surface area contributed by atoms with Crippen molar-refractivity contribution in [3.8, 4) is 17.2 Å². The molecule has 2 aromatic carbocycles. The van der Waals surface area contributed by atoms with Crippen LogP contribution in [0.25, 0.3) is 0 Å². The minimum absolute atomic E-state index is 0.0539. The highest BCUT2D eigenvalue weighted by molar-refractivity contribution is 5.79. The number of nitrogens with one attached hydrogen (secondary N) is 2. The number of guanidine groups is 1. The van der Waals surface area contributed by atoms with Gasteiger partial charge in [-0.25, -0.2) is 0 Å². The molecular weight excluding hydrogens is 330 g/mol. The summed E-state index contributed by atoms with van der Waals surface area (Å²) in [6.07, 6.45) is 0.829. The molecule has 6 nitrogen and oxygen atoms in total. The van der Waals surface area contributed by atoms with E-state index in [9.17, 15) is 0 Å². The molecule has 1 aliphatic heterocycles. The highest BCUT2D eigenvalue weighted by atomic mass is 16.6. The van der Waals surface area contributed by atoms with Crippen LogP contribution in [0.15, 0.2) is 53.5 Å². The zero-order chi connectivity index (χ0) is 18.2. The molecule has 2 N–H and O–H groups in total. The Kier molecular flexibility index (Phi) is 6.19. The van der Waals surface area contributed by atoms with Gasteiger partial charge in [0.2, 0.25) is 0 Å². The lowest BCUT2D eigenvalue weighted by Crippen LogP contribution is -2.45. The number of nitrogens with zero attached hydrogens (tertiary/aromatic N) is 1. The molecule has 0 saturated heterocycles. The molecule has 0 fully saturated rings. The van der Waals surface area contributed by atoms with Crippen LogP contribution in [0.2, 0.25) is 0 Å². The van der Waals surface area contributed by atoms with E-state index in [2.05, 4.69) is 21.7 Å². The summed E-state index contributed by atoms with van der Waals surface area (Å²) in [6, 6.07) is 15.8. The van der Waals surface area contributed by atoms with Crippen LogP contribution < -0.4 is 24.8 Å². The van der Waals surface area contributed by atoms with Crippen molar-refractivity contribution in [1.82, 2.24) is 10.6 Å². The van der Waals surface area contributed by atoms with Gasteiger partial charge in [-0.2, -0.15) is 0 Å². The molecule has 26 heavy (non-hydrogen) atoms. The Balaban J connectivity index is 1.42. The molecule has 0 bridgehead atoms. The number of hydrogen-bond donors (Lipinski definition) is 2. The van der Waals surface area contributed by atoms with E-state index in [0.29, 0.717) is 13.2 Å². The van der Waals surface area contributed by atoms with E-state index in [1.54, 1.807) is 14.2 Å². The molecule has 0 saturated carbocycles. The largest absolute Gasteiger partial charge is 0.497 e.